The monoisotopic (exact) mass is 516 g/mol. The molecule has 3 aromatic rings. The summed E-state index contributed by atoms with van der Waals surface area (Å²) in [6.07, 6.45) is 1.20. The molecule has 0 fully saturated rings. The molecule has 0 atom stereocenters. The molecule has 0 bridgehead atoms. The number of rotatable bonds is 13. The molecule has 0 aliphatic rings. The number of ether oxygens (including phenoxy) is 2. The molecule has 35 heavy (non-hydrogen) atoms. The van der Waals surface area contributed by atoms with Gasteiger partial charge in [0.2, 0.25) is 15.9 Å². The number of amides is 1. The van der Waals surface area contributed by atoms with E-state index in [-0.39, 0.29) is 23.9 Å². The first kappa shape index (κ1) is 26.7. The first-order valence-electron chi connectivity index (χ1n) is 11.4. The zero-order valence-electron chi connectivity index (χ0n) is 20.3. The summed E-state index contributed by atoms with van der Waals surface area (Å²) in [7, 11) is -0.605. The fourth-order valence-electron chi connectivity index (χ4n) is 3.71. The maximum absolute atomic E-state index is 13.5. The van der Waals surface area contributed by atoms with Crippen LogP contribution in [0.1, 0.15) is 23.8 Å². The first-order chi connectivity index (χ1) is 16.9. The molecule has 1 heterocycles. The number of carbonyl (C=O) groups excluding carboxylic acids is 1. The quantitative estimate of drug-likeness (QED) is 0.336. The molecule has 1 aromatic heterocycles. The van der Waals surface area contributed by atoms with Gasteiger partial charge in [-0.1, -0.05) is 37.3 Å². The highest BCUT2D eigenvalue weighted by Gasteiger charge is 2.28. The summed E-state index contributed by atoms with van der Waals surface area (Å²) in [5.41, 5.74) is 0.994. The molecule has 0 radical (unpaired) electrons. The Morgan fingerprint density at radius 2 is 1.69 bits per heavy atom. The second-order valence-corrected chi connectivity index (χ2v) is 11.0. The Morgan fingerprint density at radius 3 is 2.31 bits per heavy atom. The van der Waals surface area contributed by atoms with Crippen LogP contribution in [0.15, 0.2) is 70.9 Å². The minimum absolute atomic E-state index is 0.191. The van der Waals surface area contributed by atoms with Crippen molar-refractivity contribution >= 4 is 27.3 Å². The number of nitrogens with zero attached hydrogens (tertiary/aromatic N) is 2. The van der Waals surface area contributed by atoms with Gasteiger partial charge in [-0.15, -0.1) is 11.3 Å². The lowest BCUT2D eigenvalue weighted by atomic mass is 10.1. The Bertz CT molecular complexity index is 1180. The van der Waals surface area contributed by atoms with E-state index in [2.05, 4.69) is 0 Å². The van der Waals surface area contributed by atoms with Crippen molar-refractivity contribution in [3.05, 3.63) is 76.5 Å². The molecule has 0 spiro atoms. The number of hydrogen-bond donors (Lipinski definition) is 0. The van der Waals surface area contributed by atoms with Gasteiger partial charge in [-0.3, -0.25) is 4.79 Å². The highest BCUT2D eigenvalue weighted by molar-refractivity contribution is 7.89. The van der Waals surface area contributed by atoms with Crippen LogP contribution < -0.4 is 9.47 Å². The van der Waals surface area contributed by atoms with Gasteiger partial charge in [-0.25, -0.2) is 8.42 Å². The van der Waals surface area contributed by atoms with E-state index >= 15 is 0 Å². The van der Waals surface area contributed by atoms with Crippen LogP contribution in [-0.2, 0) is 27.8 Å². The van der Waals surface area contributed by atoms with Gasteiger partial charge in [0, 0.05) is 18.0 Å². The van der Waals surface area contributed by atoms with E-state index < -0.39 is 10.0 Å². The number of benzene rings is 2. The standard InChI is InChI=1S/C26H32N2O5S2/c1-4-15-28(35(30,31)23-10-6-5-7-11-23)20-26(29)27(19-22-9-8-17-34-22)16-14-21-12-13-24(32-2)25(18-21)33-3/h5-13,17-18H,4,14-16,19-20H2,1-3H3. The molecule has 0 saturated carbocycles. The molecular formula is C26H32N2O5S2. The lowest BCUT2D eigenvalue weighted by Gasteiger charge is -2.27. The molecule has 9 heteroatoms. The van der Waals surface area contributed by atoms with Crippen LogP contribution in [0.2, 0.25) is 0 Å². The lowest BCUT2D eigenvalue weighted by molar-refractivity contribution is -0.132. The van der Waals surface area contributed by atoms with Crippen LogP contribution in [0.5, 0.6) is 11.5 Å². The third-order valence-electron chi connectivity index (χ3n) is 5.56. The summed E-state index contributed by atoms with van der Waals surface area (Å²) in [6.45, 7) is 2.83. The largest absolute Gasteiger partial charge is 0.493 e. The molecule has 2 aromatic carbocycles. The van der Waals surface area contributed by atoms with Crippen LogP contribution in [-0.4, -0.2) is 57.4 Å². The van der Waals surface area contributed by atoms with E-state index in [9.17, 15) is 13.2 Å². The molecule has 0 aliphatic heterocycles. The molecule has 0 N–H and O–H groups in total. The summed E-state index contributed by atoms with van der Waals surface area (Å²) in [5.74, 6) is 1.04. The Balaban J connectivity index is 1.79. The number of methoxy groups -OCH3 is 2. The van der Waals surface area contributed by atoms with E-state index in [0.717, 1.165) is 10.4 Å². The minimum atomic E-state index is -3.78. The predicted molar refractivity (Wildman–Crippen MR) is 138 cm³/mol. The first-order valence-corrected chi connectivity index (χ1v) is 13.8. The van der Waals surface area contributed by atoms with Crippen LogP contribution in [0.4, 0.5) is 0 Å². The van der Waals surface area contributed by atoms with Gasteiger partial charge in [0.25, 0.3) is 0 Å². The van der Waals surface area contributed by atoms with E-state index in [1.165, 1.54) is 4.31 Å². The summed E-state index contributed by atoms with van der Waals surface area (Å²) < 4.78 is 38.5. The normalized spacial score (nSPS) is 11.4. The SMILES string of the molecule is CCCN(CC(=O)N(CCc1ccc(OC)c(OC)c1)Cc1cccs1)S(=O)(=O)c1ccccc1. The maximum Gasteiger partial charge on any atom is 0.243 e. The minimum Gasteiger partial charge on any atom is -0.493 e. The van der Waals surface area contributed by atoms with Crippen molar-refractivity contribution < 1.29 is 22.7 Å². The second kappa shape index (κ2) is 12.7. The number of thiophene rings is 1. The van der Waals surface area contributed by atoms with E-state index in [4.69, 9.17) is 9.47 Å². The Hall–Kier alpha value is -2.88. The topological polar surface area (TPSA) is 76.2 Å². The molecule has 7 nitrogen and oxygen atoms in total. The molecule has 1 amide bonds. The highest BCUT2D eigenvalue weighted by atomic mass is 32.2. The third kappa shape index (κ3) is 7.06. The van der Waals surface area contributed by atoms with Gasteiger partial charge in [0.15, 0.2) is 11.5 Å². The Labute approximate surface area is 212 Å². The van der Waals surface area contributed by atoms with Crippen LogP contribution in [0, 0.1) is 0 Å². The van der Waals surface area contributed by atoms with Crippen molar-refractivity contribution in [1.82, 2.24) is 9.21 Å². The Kier molecular flexibility index (Phi) is 9.71. The van der Waals surface area contributed by atoms with Crippen molar-refractivity contribution in [2.24, 2.45) is 0 Å². The third-order valence-corrected chi connectivity index (χ3v) is 8.28. The molecular weight excluding hydrogens is 484 g/mol. The van der Waals surface area contributed by atoms with E-state index in [1.54, 1.807) is 60.8 Å². The molecule has 188 valence electrons. The fourth-order valence-corrected chi connectivity index (χ4v) is 5.93. The van der Waals surface area contributed by atoms with Gasteiger partial charge in [0.05, 0.1) is 32.2 Å². The van der Waals surface area contributed by atoms with Crippen molar-refractivity contribution in [3.8, 4) is 11.5 Å². The van der Waals surface area contributed by atoms with Crippen LogP contribution in [0.3, 0.4) is 0 Å². The van der Waals surface area contributed by atoms with Gasteiger partial charge in [-0.05, 0) is 54.1 Å². The number of carbonyl (C=O) groups is 1. The fraction of sp³-hybridized carbons (Fsp3) is 0.346. The summed E-state index contributed by atoms with van der Waals surface area (Å²) in [6, 6.07) is 17.9. The van der Waals surface area contributed by atoms with Gasteiger partial charge in [-0.2, -0.15) is 4.31 Å². The highest BCUT2D eigenvalue weighted by Crippen LogP contribution is 2.28. The lowest BCUT2D eigenvalue weighted by Crippen LogP contribution is -2.43. The Morgan fingerprint density at radius 1 is 0.943 bits per heavy atom. The van der Waals surface area contributed by atoms with Crippen molar-refractivity contribution in [2.45, 2.75) is 31.2 Å². The van der Waals surface area contributed by atoms with Crippen molar-refractivity contribution in [3.63, 3.8) is 0 Å². The average molecular weight is 517 g/mol. The van der Waals surface area contributed by atoms with Gasteiger partial charge in [0.1, 0.15) is 0 Å². The van der Waals surface area contributed by atoms with Crippen LogP contribution in [0.25, 0.3) is 0 Å². The van der Waals surface area contributed by atoms with Gasteiger partial charge < -0.3 is 14.4 Å². The number of hydrogen-bond acceptors (Lipinski definition) is 6. The molecule has 3 rings (SSSR count). The van der Waals surface area contributed by atoms with Gasteiger partial charge >= 0.3 is 0 Å². The second-order valence-electron chi connectivity index (χ2n) is 7.99. The van der Waals surface area contributed by atoms with Crippen molar-refractivity contribution in [2.75, 3.05) is 33.9 Å². The molecule has 0 unspecified atom stereocenters. The average Bonchev–Trinajstić information content (AvgIpc) is 3.39. The predicted octanol–water partition coefficient (Wildman–Crippen LogP) is 4.44. The molecule has 0 aliphatic carbocycles. The van der Waals surface area contributed by atoms with E-state index in [0.29, 0.717) is 37.4 Å². The zero-order chi connectivity index (χ0) is 25.3. The smallest absolute Gasteiger partial charge is 0.243 e. The van der Waals surface area contributed by atoms with Crippen LogP contribution >= 0.6 is 11.3 Å². The van der Waals surface area contributed by atoms with E-state index in [1.807, 2.05) is 42.6 Å². The van der Waals surface area contributed by atoms with Crippen molar-refractivity contribution in [1.29, 1.82) is 0 Å². The summed E-state index contributed by atoms with van der Waals surface area (Å²) in [4.78, 5) is 16.4. The molecule has 0 saturated heterocycles. The number of sulfonamides is 1. The zero-order valence-corrected chi connectivity index (χ0v) is 22.0. The summed E-state index contributed by atoms with van der Waals surface area (Å²) >= 11 is 1.57. The summed E-state index contributed by atoms with van der Waals surface area (Å²) in [5, 5.41) is 1.97. The maximum atomic E-state index is 13.5.